The van der Waals surface area contributed by atoms with E-state index in [1.807, 2.05) is 72.2 Å². The highest BCUT2D eigenvalue weighted by atomic mass is 32.2. The van der Waals surface area contributed by atoms with Gasteiger partial charge in [-0.15, -0.1) is 10.2 Å². The first kappa shape index (κ1) is 23.5. The molecule has 0 saturated heterocycles. The number of rotatable bonds is 7. The molecule has 1 N–H and O–H groups in total. The monoisotopic (exact) mass is 491 g/mol. The lowest BCUT2D eigenvalue weighted by atomic mass is 10.0. The Morgan fingerprint density at radius 2 is 1.61 bits per heavy atom. The fourth-order valence-electron chi connectivity index (χ4n) is 3.85. The van der Waals surface area contributed by atoms with E-state index in [1.54, 1.807) is 0 Å². The molecule has 0 spiro atoms. The summed E-state index contributed by atoms with van der Waals surface area (Å²) in [6, 6.07) is 32.4. The van der Waals surface area contributed by atoms with E-state index < -0.39 is 0 Å². The van der Waals surface area contributed by atoms with E-state index in [9.17, 15) is 4.79 Å². The molecule has 0 fully saturated rings. The van der Waals surface area contributed by atoms with Crippen LogP contribution in [-0.2, 0) is 4.79 Å². The molecule has 36 heavy (non-hydrogen) atoms. The quantitative estimate of drug-likeness (QED) is 0.171. The van der Waals surface area contributed by atoms with Gasteiger partial charge >= 0.3 is 0 Å². The third-order valence-corrected chi connectivity index (χ3v) is 6.73. The summed E-state index contributed by atoms with van der Waals surface area (Å²) in [5.41, 5.74) is 7.46. The van der Waals surface area contributed by atoms with Crippen molar-refractivity contribution >= 4 is 34.2 Å². The average Bonchev–Trinajstić information content (AvgIpc) is 3.35. The number of para-hydroxylation sites is 1. The number of aryl methyl sites for hydroxylation is 1. The second-order valence-electron chi connectivity index (χ2n) is 8.43. The number of nitrogens with one attached hydrogen (secondary N) is 1. The number of fused-ring (bicyclic) bond motifs is 1. The van der Waals surface area contributed by atoms with Gasteiger partial charge in [0.15, 0.2) is 11.0 Å². The van der Waals surface area contributed by atoms with Crippen LogP contribution in [0.2, 0.25) is 0 Å². The van der Waals surface area contributed by atoms with Crippen molar-refractivity contribution in [2.75, 3.05) is 5.75 Å². The van der Waals surface area contributed by atoms with Crippen LogP contribution in [0.25, 0.3) is 27.8 Å². The second-order valence-corrected chi connectivity index (χ2v) is 9.37. The Balaban J connectivity index is 1.31. The van der Waals surface area contributed by atoms with Gasteiger partial charge in [0.1, 0.15) is 0 Å². The van der Waals surface area contributed by atoms with Gasteiger partial charge in [-0.05, 0) is 48.4 Å². The zero-order valence-corrected chi connectivity index (χ0v) is 20.9. The van der Waals surface area contributed by atoms with Gasteiger partial charge in [0, 0.05) is 11.3 Å². The molecule has 5 aromatic rings. The molecule has 0 radical (unpaired) electrons. The molecule has 7 heteroatoms. The minimum absolute atomic E-state index is 0.160. The zero-order chi connectivity index (χ0) is 24.9. The summed E-state index contributed by atoms with van der Waals surface area (Å²) in [4.78, 5) is 12.6. The lowest BCUT2D eigenvalue weighted by Crippen LogP contribution is -2.21. The number of hydrogen-bond donors (Lipinski definition) is 1. The van der Waals surface area contributed by atoms with Crippen molar-refractivity contribution in [1.29, 1.82) is 0 Å². The van der Waals surface area contributed by atoms with E-state index in [4.69, 9.17) is 0 Å². The van der Waals surface area contributed by atoms with Gasteiger partial charge in [-0.1, -0.05) is 96.2 Å². The smallest absolute Gasteiger partial charge is 0.250 e. The Morgan fingerprint density at radius 3 is 2.39 bits per heavy atom. The molecular formula is C29H25N5OS. The highest BCUT2D eigenvalue weighted by molar-refractivity contribution is 7.99. The highest BCUT2D eigenvalue weighted by Gasteiger charge is 2.17. The molecule has 5 rings (SSSR count). The molecule has 0 unspecified atom stereocenters. The maximum absolute atomic E-state index is 12.6. The minimum atomic E-state index is -0.209. The molecule has 178 valence electrons. The molecule has 1 aromatic heterocycles. The van der Waals surface area contributed by atoms with Crippen molar-refractivity contribution in [2.45, 2.75) is 19.0 Å². The fraction of sp³-hybridized carbons (Fsp3) is 0.103. The molecular weight excluding hydrogens is 466 g/mol. The zero-order valence-electron chi connectivity index (χ0n) is 20.1. The predicted molar refractivity (Wildman–Crippen MR) is 147 cm³/mol. The first-order chi connectivity index (χ1) is 17.6. The molecule has 0 atom stereocenters. The van der Waals surface area contributed by atoms with Gasteiger partial charge in [0.2, 0.25) is 0 Å². The summed E-state index contributed by atoms with van der Waals surface area (Å²) < 4.78 is 1.98. The van der Waals surface area contributed by atoms with Crippen LogP contribution in [0.3, 0.4) is 0 Å². The van der Waals surface area contributed by atoms with Crippen LogP contribution < -0.4 is 5.43 Å². The van der Waals surface area contributed by atoms with Crippen molar-refractivity contribution in [1.82, 2.24) is 20.2 Å². The number of thioether (sulfide) groups is 1. The van der Waals surface area contributed by atoms with E-state index in [0.29, 0.717) is 5.16 Å². The lowest BCUT2D eigenvalue weighted by Gasteiger charge is -2.10. The van der Waals surface area contributed by atoms with Crippen LogP contribution in [-0.4, -0.2) is 32.1 Å². The molecule has 6 nitrogen and oxygen atoms in total. The van der Waals surface area contributed by atoms with Crippen molar-refractivity contribution in [3.63, 3.8) is 0 Å². The molecule has 0 bridgehead atoms. The summed E-state index contributed by atoms with van der Waals surface area (Å²) in [6.07, 6.45) is 0. The highest BCUT2D eigenvalue weighted by Crippen LogP contribution is 2.28. The van der Waals surface area contributed by atoms with E-state index in [0.717, 1.165) is 33.7 Å². The van der Waals surface area contributed by atoms with E-state index in [1.165, 1.54) is 22.7 Å². The summed E-state index contributed by atoms with van der Waals surface area (Å²) in [7, 11) is 0. The molecule has 1 heterocycles. The van der Waals surface area contributed by atoms with Crippen molar-refractivity contribution < 1.29 is 4.79 Å². The number of carbonyl (C=O) groups is 1. The summed E-state index contributed by atoms with van der Waals surface area (Å²) in [6.45, 7) is 3.94. The van der Waals surface area contributed by atoms with Crippen molar-refractivity contribution in [3.8, 4) is 17.1 Å². The number of nitrogens with zero attached hydrogens (tertiary/aromatic N) is 4. The van der Waals surface area contributed by atoms with E-state index in [2.05, 4.69) is 64.0 Å². The van der Waals surface area contributed by atoms with Gasteiger partial charge in [0.05, 0.1) is 11.5 Å². The third-order valence-electron chi connectivity index (χ3n) is 5.81. The maximum Gasteiger partial charge on any atom is 0.250 e. The standard InChI is InChI=1S/C29H25N5OS/c1-20-12-14-23(15-13-20)28-32-33-29(34(28)26-10-4-3-5-11-26)36-19-27(35)31-30-21(2)24-17-16-22-8-6-7-9-25(22)18-24/h3-18H,19H2,1-2H3,(H,31,35)/b30-21-. The number of hydrazone groups is 1. The molecule has 0 saturated carbocycles. The van der Waals surface area contributed by atoms with Gasteiger partial charge in [0.25, 0.3) is 5.91 Å². The minimum Gasteiger partial charge on any atom is -0.272 e. The number of carbonyl (C=O) groups excluding carboxylic acids is 1. The van der Waals surface area contributed by atoms with Crippen LogP contribution in [0.15, 0.2) is 107 Å². The summed E-state index contributed by atoms with van der Waals surface area (Å²) in [5.74, 6) is 0.682. The molecule has 1 amide bonds. The molecule has 0 aliphatic heterocycles. The topological polar surface area (TPSA) is 72.2 Å². The Morgan fingerprint density at radius 1 is 0.889 bits per heavy atom. The largest absolute Gasteiger partial charge is 0.272 e. The third kappa shape index (κ3) is 5.21. The van der Waals surface area contributed by atoms with Crippen LogP contribution in [0.1, 0.15) is 18.1 Å². The first-order valence-corrected chi connectivity index (χ1v) is 12.6. The Labute approximate surface area is 214 Å². The van der Waals surface area contributed by atoms with Crippen LogP contribution in [0.4, 0.5) is 0 Å². The second kappa shape index (κ2) is 10.6. The maximum atomic E-state index is 12.6. The van der Waals surface area contributed by atoms with Gasteiger partial charge in [-0.25, -0.2) is 5.43 Å². The lowest BCUT2D eigenvalue weighted by molar-refractivity contribution is -0.118. The van der Waals surface area contributed by atoms with Crippen molar-refractivity contribution in [2.24, 2.45) is 5.10 Å². The molecule has 0 aliphatic carbocycles. The fourth-order valence-corrected chi connectivity index (χ4v) is 4.59. The van der Waals surface area contributed by atoms with E-state index >= 15 is 0 Å². The van der Waals surface area contributed by atoms with Crippen LogP contribution in [0.5, 0.6) is 0 Å². The van der Waals surface area contributed by atoms with E-state index in [-0.39, 0.29) is 11.7 Å². The number of amides is 1. The van der Waals surface area contributed by atoms with Crippen LogP contribution in [0, 0.1) is 6.92 Å². The van der Waals surface area contributed by atoms with Gasteiger partial charge in [-0.2, -0.15) is 5.10 Å². The summed E-state index contributed by atoms with van der Waals surface area (Å²) in [5, 5.41) is 16.1. The number of hydrogen-bond acceptors (Lipinski definition) is 5. The number of benzene rings is 4. The van der Waals surface area contributed by atoms with Crippen LogP contribution >= 0.6 is 11.8 Å². The molecule has 0 aliphatic rings. The van der Waals surface area contributed by atoms with Gasteiger partial charge in [-0.3, -0.25) is 9.36 Å². The first-order valence-electron chi connectivity index (χ1n) is 11.6. The predicted octanol–water partition coefficient (Wildman–Crippen LogP) is 6.03. The Kier molecular flexibility index (Phi) is 6.91. The SMILES string of the molecule is C/C(=N/NC(=O)CSc1nnc(-c2ccc(C)cc2)n1-c1ccccc1)c1ccc2ccccc2c1. The molecule has 4 aromatic carbocycles. The Bertz CT molecular complexity index is 1540. The number of aromatic nitrogens is 3. The normalized spacial score (nSPS) is 11.6. The van der Waals surface area contributed by atoms with Gasteiger partial charge < -0.3 is 0 Å². The van der Waals surface area contributed by atoms with Crippen molar-refractivity contribution in [3.05, 3.63) is 108 Å². The average molecular weight is 492 g/mol. The Hall–Kier alpha value is -4.23. The summed E-state index contributed by atoms with van der Waals surface area (Å²) >= 11 is 1.33.